The fourth-order valence-corrected chi connectivity index (χ4v) is 0.959. The Bertz CT molecular complexity index is 227. The molecule has 0 aliphatic carbocycles. The van der Waals surface area contributed by atoms with E-state index in [0.29, 0.717) is 0 Å². The van der Waals surface area contributed by atoms with Gasteiger partial charge in [0.25, 0.3) is 0 Å². The van der Waals surface area contributed by atoms with E-state index in [1.807, 2.05) is 0 Å². The summed E-state index contributed by atoms with van der Waals surface area (Å²) >= 11 is 0. The number of nitrogens with zero attached hydrogens (tertiary/aromatic N) is 1. The normalized spacial score (nSPS) is 24.2. The molecule has 1 aliphatic rings. The average Bonchev–Trinajstić information content (AvgIpc) is 2.28. The Morgan fingerprint density at radius 2 is 1.85 bits per heavy atom. The maximum absolute atomic E-state index is 12.1. The minimum atomic E-state index is -4.31. The van der Waals surface area contributed by atoms with Gasteiger partial charge in [-0.15, -0.1) is 0 Å². The zero-order valence-electron chi connectivity index (χ0n) is 7.77. The minimum absolute atomic E-state index is 0.190. The van der Waals surface area contributed by atoms with E-state index in [9.17, 15) is 13.2 Å². The number of hydrogen-bond acceptors (Lipinski definition) is 2. The van der Waals surface area contributed by atoms with Gasteiger partial charge in [-0.1, -0.05) is 20.8 Å². The van der Waals surface area contributed by atoms with Gasteiger partial charge in [0.15, 0.2) is 5.90 Å². The van der Waals surface area contributed by atoms with Crippen molar-refractivity contribution in [3.05, 3.63) is 0 Å². The number of aliphatic imine (C=N–C) groups is 1. The molecule has 0 fully saturated rings. The highest BCUT2D eigenvalue weighted by atomic mass is 19.4. The van der Waals surface area contributed by atoms with Gasteiger partial charge in [-0.25, -0.2) is 0 Å². The number of hydrogen-bond donors (Lipinski definition) is 0. The van der Waals surface area contributed by atoms with Gasteiger partial charge in [-0.3, -0.25) is 4.99 Å². The molecule has 0 aromatic heterocycles. The van der Waals surface area contributed by atoms with Crippen LogP contribution in [0.25, 0.3) is 0 Å². The molecule has 1 unspecified atom stereocenters. The third kappa shape index (κ3) is 2.35. The summed E-state index contributed by atoms with van der Waals surface area (Å²) in [5.74, 6) is 0.190. The molecule has 1 heterocycles. The summed E-state index contributed by atoms with van der Waals surface area (Å²) in [4.78, 5) is 3.73. The molecule has 0 spiro atoms. The predicted octanol–water partition coefficient (Wildman–Crippen LogP) is 2.39. The lowest BCUT2D eigenvalue weighted by molar-refractivity contribution is -0.191. The van der Waals surface area contributed by atoms with Crippen molar-refractivity contribution in [3.8, 4) is 0 Å². The van der Waals surface area contributed by atoms with Crippen molar-refractivity contribution < 1.29 is 17.9 Å². The topological polar surface area (TPSA) is 21.6 Å². The van der Waals surface area contributed by atoms with Crippen LogP contribution in [0, 0.1) is 5.41 Å². The molecule has 13 heavy (non-hydrogen) atoms. The molecule has 0 amide bonds. The smallest absolute Gasteiger partial charge is 0.427 e. The van der Waals surface area contributed by atoms with Crippen molar-refractivity contribution in [1.29, 1.82) is 0 Å². The van der Waals surface area contributed by atoms with Crippen molar-refractivity contribution in [2.45, 2.75) is 33.1 Å². The molecule has 1 aliphatic heterocycles. The van der Waals surface area contributed by atoms with Gasteiger partial charge >= 0.3 is 6.18 Å². The van der Waals surface area contributed by atoms with Gasteiger partial charge in [-0.05, 0) is 0 Å². The summed E-state index contributed by atoms with van der Waals surface area (Å²) in [5, 5.41) is 0. The maximum atomic E-state index is 12.1. The Morgan fingerprint density at radius 3 is 2.08 bits per heavy atom. The summed E-state index contributed by atoms with van der Waals surface area (Å²) in [6.45, 7) is 5.00. The largest absolute Gasteiger partial charge is 0.466 e. The standard InChI is InChI=1S/C8H12F3NO/c1-7(2,3)6-12-4-5(13-6)8(9,10)11/h5H,4H2,1-3H3. The van der Waals surface area contributed by atoms with E-state index >= 15 is 0 Å². The Balaban J connectivity index is 2.63. The highest BCUT2D eigenvalue weighted by molar-refractivity contribution is 5.82. The lowest BCUT2D eigenvalue weighted by atomic mass is 9.97. The Morgan fingerprint density at radius 1 is 1.31 bits per heavy atom. The molecule has 5 heteroatoms. The van der Waals surface area contributed by atoms with E-state index in [-0.39, 0.29) is 12.4 Å². The molecule has 0 N–H and O–H groups in total. The summed E-state index contributed by atoms with van der Waals surface area (Å²) in [6, 6.07) is 0. The van der Waals surface area contributed by atoms with Crippen molar-refractivity contribution >= 4 is 5.90 Å². The third-order valence-corrected chi connectivity index (χ3v) is 1.66. The minimum Gasteiger partial charge on any atom is -0.466 e. The number of ether oxygens (including phenoxy) is 1. The zero-order chi connectivity index (χ0) is 10.3. The quantitative estimate of drug-likeness (QED) is 0.581. The van der Waals surface area contributed by atoms with Gasteiger partial charge in [0, 0.05) is 5.41 Å². The molecule has 0 aromatic carbocycles. The van der Waals surface area contributed by atoms with Crippen LogP contribution < -0.4 is 0 Å². The van der Waals surface area contributed by atoms with Gasteiger partial charge in [0.05, 0.1) is 6.54 Å². The maximum Gasteiger partial charge on any atom is 0.427 e. The average molecular weight is 195 g/mol. The molecule has 0 aromatic rings. The Hall–Kier alpha value is -0.740. The van der Waals surface area contributed by atoms with Crippen LogP contribution in [0.4, 0.5) is 13.2 Å². The molecule has 0 radical (unpaired) electrons. The van der Waals surface area contributed by atoms with Gasteiger partial charge in [0.2, 0.25) is 6.10 Å². The van der Waals surface area contributed by atoms with Crippen molar-refractivity contribution in [2.75, 3.05) is 6.54 Å². The molecule has 0 bridgehead atoms. The molecule has 1 atom stereocenters. The summed E-state index contributed by atoms with van der Waals surface area (Å²) < 4.78 is 41.1. The molecule has 2 nitrogen and oxygen atoms in total. The second-order valence-electron chi connectivity index (χ2n) is 4.04. The van der Waals surface area contributed by atoms with Crippen LogP contribution in [0.15, 0.2) is 4.99 Å². The van der Waals surface area contributed by atoms with Gasteiger partial charge in [-0.2, -0.15) is 13.2 Å². The summed E-state index contributed by atoms with van der Waals surface area (Å²) in [6.07, 6.45) is -6.06. The van der Waals surface area contributed by atoms with Crippen molar-refractivity contribution in [3.63, 3.8) is 0 Å². The van der Waals surface area contributed by atoms with E-state index in [1.54, 1.807) is 20.8 Å². The van der Waals surface area contributed by atoms with Crippen LogP contribution in [-0.2, 0) is 4.74 Å². The van der Waals surface area contributed by atoms with Crippen molar-refractivity contribution in [2.24, 2.45) is 10.4 Å². The zero-order valence-corrected chi connectivity index (χ0v) is 7.77. The SMILES string of the molecule is CC(C)(C)C1=NCC(C(F)(F)F)O1. The first-order valence-corrected chi connectivity index (χ1v) is 3.99. The van der Waals surface area contributed by atoms with Crippen LogP contribution in [0.5, 0.6) is 0 Å². The van der Waals surface area contributed by atoms with E-state index in [1.165, 1.54) is 0 Å². The Kier molecular flexibility index (Phi) is 2.30. The lowest BCUT2D eigenvalue weighted by Gasteiger charge is -2.21. The van der Waals surface area contributed by atoms with Crippen LogP contribution in [0.3, 0.4) is 0 Å². The van der Waals surface area contributed by atoms with E-state index in [2.05, 4.69) is 4.99 Å². The number of alkyl halides is 3. The van der Waals surface area contributed by atoms with Crippen LogP contribution in [-0.4, -0.2) is 24.7 Å². The van der Waals surface area contributed by atoms with E-state index < -0.39 is 17.7 Å². The van der Waals surface area contributed by atoms with Gasteiger partial charge < -0.3 is 4.74 Å². The molecule has 0 saturated heterocycles. The second-order valence-corrected chi connectivity index (χ2v) is 4.04. The first kappa shape index (κ1) is 10.3. The summed E-state index contributed by atoms with van der Waals surface area (Å²) in [7, 11) is 0. The molecular weight excluding hydrogens is 183 g/mol. The fraction of sp³-hybridized carbons (Fsp3) is 0.875. The predicted molar refractivity (Wildman–Crippen MR) is 42.7 cm³/mol. The first-order valence-electron chi connectivity index (χ1n) is 3.99. The monoisotopic (exact) mass is 195 g/mol. The first-order chi connectivity index (χ1) is 5.71. The van der Waals surface area contributed by atoms with Crippen LogP contribution in [0.1, 0.15) is 20.8 Å². The lowest BCUT2D eigenvalue weighted by Crippen LogP contribution is -2.34. The fourth-order valence-electron chi connectivity index (χ4n) is 0.959. The molecular formula is C8H12F3NO. The van der Waals surface area contributed by atoms with Crippen LogP contribution in [0.2, 0.25) is 0 Å². The second kappa shape index (κ2) is 2.89. The van der Waals surface area contributed by atoms with Crippen molar-refractivity contribution in [1.82, 2.24) is 0 Å². The highest BCUT2D eigenvalue weighted by Crippen LogP contribution is 2.30. The van der Waals surface area contributed by atoms with E-state index in [4.69, 9.17) is 4.74 Å². The van der Waals surface area contributed by atoms with E-state index in [0.717, 1.165) is 0 Å². The molecule has 76 valence electrons. The number of halogens is 3. The molecule has 1 rings (SSSR count). The molecule has 0 saturated carbocycles. The highest BCUT2D eigenvalue weighted by Gasteiger charge is 2.46. The third-order valence-electron chi connectivity index (χ3n) is 1.66. The summed E-state index contributed by atoms with van der Waals surface area (Å²) in [5.41, 5.74) is -0.444. The Labute approximate surface area is 74.8 Å². The van der Waals surface area contributed by atoms with Gasteiger partial charge in [0.1, 0.15) is 0 Å². The number of rotatable bonds is 0. The van der Waals surface area contributed by atoms with Crippen LogP contribution >= 0.6 is 0 Å².